The number of fused-ring (bicyclic) bond motifs is 1. The van der Waals surface area contributed by atoms with E-state index in [1.165, 1.54) is 0 Å². The number of benzene rings is 1. The van der Waals surface area contributed by atoms with Crippen LogP contribution in [0.2, 0.25) is 0 Å². The molecule has 3 aromatic rings. The summed E-state index contributed by atoms with van der Waals surface area (Å²) in [5, 5.41) is 3.08. The molecule has 1 aromatic carbocycles. The summed E-state index contributed by atoms with van der Waals surface area (Å²) in [5.41, 5.74) is 1.90. The maximum Gasteiger partial charge on any atom is 0.221 e. The standard InChI is InChI=1S/C18H21N3O2/c1-12(2)17(18-19-14-7-3-4-8-15(14)20-18)21-16(22)10-9-13-6-5-11-23-13/h3-8,11-12,17H,9-10H2,1-2H3,(H,19,20)(H,21,22). The third-order valence-corrected chi connectivity index (χ3v) is 3.86. The van der Waals surface area contributed by atoms with E-state index in [2.05, 4.69) is 29.1 Å². The average Bonchev–Trinajstić information content (AvgIpc) is 3.19. The number of carbonyl (C=O) groups is 1. The van der Waals surface area contributed by atoms with Gasteiger partial charge in [-0.2, -0.15) is 0 Å². The van der Waals surface area contributed by atoms with Crippen molar-refractivity contribution in [1.29, 1.82) is 0 Å². The predicted octanol–water partition coefficient (Wildman–Crippen LogP) is 3.60. The lowest BCUT2D eigenvalue weighted by molar-refractivity contribution is -0.122. The number of carbonyl (C=O) groups excluding carboxylic acids is 1. The summed E-state index contributed by atoms with van der Waals surface area (Å²) >= 11 is 0. The Morgan fingerprint density at radius 2 is 2.09 bits per heavy atom. The number of hydrogen-bond donors (Lipinski definition) is 2. The molecule has 1 unspecified atom stereocenters. The van der Waals surface area contributed by atoms with Gasteiger partial charge in [0.2, 0.25) is 5.91 Å². The number of aromatic amines is 1. The topological polar surface area (TPSA) is 70.9 Å². The van der Waals surface area contributed by atoms with E-state index in [9.17, 15) is 4.79 Å². The summed E-state index contributed by atoms with van der Waals surface area (Å²) in [5.74, 6) is 1.86. The fraction of sp³-hybridized carbons (Fsp3) is 0.333. The van der Waals surface area contributed by atoms with Crippen LogP contribution in [0.1, 0.15) is 37.9 Å². The van der Waals surface area contributed by atoms with Crippen molar-refractivity contribution in [3.05, 3.63) is 54.2 Å². The van der Waals surface area contributed by atoms with Gasteiger partial charge in [0.15, 0.2) is 0 Å². The Morgan fingerprint density at radius 3 is 2.78 bits per heavy atom. The lowest BCUT2D eigenvalue weighted by Crippen LogP contribution is -2.32. The predicted molar refractivity (Wildman–Crippen MR) is 88.8 cm³/mol. The highest BCUT2D eigenvalue weighted by Crippen LogP contribution is 2.22. The van der Waals surface area contributed by atoms with Crippen LogP contribution < -0.4 is 5.32 Å². The number of hydrogen-bond acceptors (Lipinski definition) is 3. The van der Waals surface area contributed by atoms with Gasteiger partial charge in [0, 0.05) is 12.8 Å². The molecule has 0 aliphatic rings. The van der Waals surface area contributed by atoms with E-state index < -0.39 is 0 Å². The molecule has 0 saturated heterocycles. The monoisotopic (exact) mass is 311 g/mol. The van der Waals surface area contributed by atoms with Gasteiger partial charge in [-0.05, 0) is 30.2 Å². The molecule has 1 amide bonds. The van der Waals surface area contributed by atoms with Crippen molar-refractivity contribution in [3.8, 4) is 0 Å². The van der Waals surface area contributed by atoms with Crippen molar-refractivity contribution in [2.24, 2.45) is 5.92 Å². The van der Waals surface area contributed by atoms with Gasteiger partial charge in [-0.3, -0.25) is 4.79 Å². The van der Waals surface area contributed by atoms with E-state index in [0.29, 0.717) is 12.8 Å². The summed E-state index contributed by atoms with van der Waals surface area (Å²) in [6.45, 7) is 4.15. The first-order chi connectivity index (χ1) is 11.1. The molecule has 0 fully saturated rings. The number of imidazole rings is 1. The van der Waals surface area contributed by atoms with Gasteiger partial charge in [-0.25, -0.2) is 4.98 Å². The van der Waals surface area contributed by atoms with Gasteiger partial charge < -0.3 is 14.7 Å². The second kappa shape index (κ2) is 6.69. The highest BCUT2D eigenvalue weighted by atomic mass is 16.3. The van der Waals surface area contributed by atoms with Crippen LogP contribution in [0.5, 0.6) is 0 Å². The Morgan fingerprint density at radius 1 is 1.26 bits per heavy atom. The van der Waals surface area contributed by atoms with Crippen LogP contribution >= 0.6 is 0 Å². The molecule has 1 atom stereocenters. The lowest BCUT2D eigenvalue weighted by Gasteiger charge is -2.20. The molecule has 5 heteroatoms. The molecule has 2 aromatic heterocycles. The fourth-order valence-corrected chi connectivity index (χ4v) is 2.61. The zero-order valence-corrected chi connectivity index (χ0v) is 13.4. The molecular weight excluding hydrogens is 290 g/mol. The molecule has 0 saturated carbocycles. The SMILES string of the molecule is CC(C)C(NC(=O)CCc1ccco1)c1nc2ccccc2[nH]1. The molecule has 0 bridgehead atoms. The number of furan rings is 1. The molecule has 120 valence electrons. The summed E-state index contributed by atoms with van der Waals surface area (Å²) in [6.07, 6.45) is 2.62. The van der Waals surface area contributed by atoms with E-state index in [-0.39, 0.29) is 17.9 Å². The van der Waals surface area contributed by atoms with Crippen molar-refractivity contribution < 1.29 is 9.21 Å². The van der Waals surface area contributed by atoms with Crippen molar-refractivity contribution in [2.45, 2.75) is 32.7 Å². The number of aryl methyl sites for hydroxylation is 1. The number of nitrogens with one attached hydrogen (secondary N) is 2. The van der Waals surface area contributed by atoms with E-state index >= 15 is 0 Å². The molecule has 0 radical (unpaired) electrons. The first-order valence-corrected chi connectivity index (χ1v) is 7.90. The Bertz CT molecular complexity index is 742. The number of amides is 1. The smallest absolute Gasteiger partial charge is 0.221 e. The molecule has 0 aliphatic carbocycles. The van der Waals surface area contributed by atoms with E-state index in [1.54, 1.807) is 6.26 Å². The largest absolute Gasteiger partial charge is 0.469 e. The summed E-state index contributed by atoms with van der Waals surface area (Å²) in [7, 11) is 0. The molecule has 0 aliphatic heterocycles. The second-order valence-electron chi connectivity index (χ2n) is 6.01. The van der Waals surface area contributed by atoms with Crippen LogP contribution in [0.4, 0.5) is 0 Å². The molecule has 0 spiro atoms. The Hall–Kier alpha value is -2.56. The number of H-pyrrole nitrogens is 1. The van der Waals surface area contributed by atoms with Crippen molar-refractivity contribution in [3.63, 3.8) is 0 Å². The molecule has 5 nitrogen and oxygen atoms in total. The molecule has 23 heavy (non-hydrogen) atoms. The Kier molecular flexibility index (Phi) is 4.46. The fourth-order valence-electron chi connectivity index (χ4n) is 2.61. The van der Waals surface area contributed by atoms with Gasteiger partial charge in [-0.15, -0.1) is 0 Å². The van der Waals surface area contributed by atoms with Crippen LogP contribution in [0, 0.1) is 5.92 Å². The first kappa shape index (κ1) is 15.3. The molecular formula is C18H21N3O2. The normalized spacial score (nSPS) is 12.7. The zero-order valence-electron chi connectivity index (χ0n) is 13.4. The summed E-state index contributed by atoms with van der Waals surface area (Å²) in [6, 6.07) is 11.5. The number of rotatable bonds is 6. The highest BCUT2D eigenvalue weighted by molar-refractivity contribution is 5.77. The van der Waals surface area contributed by atoms with Crippen molar-refractivity contribution >= 4 is 16.9 Å². The third-order valence-electron chi connectivity index (χ3n) is 3.86. The van der Waals surface area contributed by atoms with Gasteiger partial charge in [0.1, 0.15) is 11.6 Å². The quantitative estimate of drug-likeness (QED) is 0.730. The van der Waals surface area contributed by atoms with E-state index in [1.807, 2.05) is 36.4 Å². The van der Waals surface area contributed by atoms with Crippen LogP contribution in [-0.4, -0.2) is 15.9 Å². The van der Waals surface area contributed by atoms with Crippen LogP contribution in [0.15, 0.2) is 47.1 Å². The zero-order chi connectivity index (χ0) is 16.2. The minimum absolute atomic E-state index is 0.000515. The van der Waals surface area contributed by atoms with E-state index in [4.69, 9.17) is 4.42 Å². The first-order valence-electron chi connectivity index (χ1n) is 7.90. The molecule has 3 rings (SSSR count). The summed E-state index contributed by atoms with van der Waals surface area (Å²) < 4.78 is 5.26. The number of aromatic nitrogens is 2. The highest BCUT2D eigenvalue weighted by Gasteiger charge is 2.21. The minimum Gasteiger partial charge on any atom is -0.469 e. The van der Waals surface area contributed by atoms with Crippen LogP contribution in [0.25, 0.3) is 11.0 Å². The minimum atomic E-state index is -0.133. The van der Waals surface area contributed by atoms with Crippen molar-refractivity contribution in [1.82, 2.24) is 15.3 Å². The Labute approximate surface area is 135 Å². The van der Waals surface area contributed by atoms with Gasteiger partial charge in [0.25, 0.3) is 0 Å². The molecule has 2 N–H and O–H groups in total. The number of nitrogens with zero attached hydrogens (tertiary/aromatic N) is 1. The lowest BCUT2D eigenvalue weighted by atomic mass is 10.0. The van der Waals surface area contributed by atoms with Gasteiger partial charge in [0.05, 0.1) is 23.3 Å². The Balaban J connectivity index is 1.69. The number of para-hydroxylation sites is 2. The van der Waals surface area contributed by atoms with Crippen LogP contribution in [-0.2, 0) is 11.2 Å². The van der Waals surface area contributed by atoms with Gasteiger partial charge >= 0.3 is 0 Å². The third kappa shape index (κ3) is 3.62. The maximum atomic E-state index is 12.2. The van der Waals surface area contributed by atoms with Crippen LogP contribution in [0.3, 0.4) is 0 Å². The average molecular weight is 311 g/mol. The maximum absolute atomic E-state index is 12.2. The van der Waals surface area contributed by atoms with Gasteiger partial charge in [-0.1, -0.05) is 26.0 Å². The second-order valence-corrected chi connectivity index (χ2v) is 6.01. The summed E-state index contributed by atoms with van der Waals surface area (Å²) in [4.78, 5) is 20.2. The molecule has 2 heterocycles. The van der Waals surface area contributed by atoms with E-state index in [0.717, 1.165) is 22.6 Å². The van der Waals surface area contributed by atoms with Crippen molar-refractivity contribution in [2.75, 3.05) is 0 Å².